The van der Waals surface area contributed by atoms with E-state index in [1.54, 1.807) is 0 Å². The first-order valence-corrected chi connectivity index (χ1v) is 5.57. The summed E-state index contributed by atoms with van der Waals surface area (Å²) in [6, 6.07) is 0. The summed E-state index contributed by atoms with van der Waals surface area (Å²) in [6.45, 7) is 0. The third kappa shape index (κ3) is 3.85. The van der Waals surface area contributed by atoms with Gasteiger partial charge in [0.05, 0.1) is 0 Å². The lowest BCUT2D eigenvalue weighted by molar-refractivity contribution is -0.436. The van der Waals surface area contributed by atoms with Gasteiger partial charge in [-0.05, 0) is 23.2 Å². The van der Waals surface area contributed by atoms with Crippen LogP contribution in [0.4, 0.5) is 43.9 Å². The average Bonchev–Trinajstić information content (AvgIpc) is 2.11. The van der Waals surface area contributed by atoms with Gasteiger partial charge in [-0.15, -0.1) is 0 Å². The van der Waals surface area contributed by atoms with E-state index >= 15 is 0 Å². The number of rotatable bonds is 6. The van der Waals surface area contributed by atoms with Crippen LogP contribution in [0.25, 0.3) is 0 Å². The molecule has 128 valence electrons. The summed E-state index contributed by atoms with van der Waals surface area (Å²) in [5, 5.41) is -23.2. The van der Waals surface area contributed by atoms with E-state index in [0.29, 0.717) is 0 Å². The van der Waals surface area contributed by atoms with E-state index in [4.69, 9.17) is 0 Å². The number of hydrogen-bond acceptors (Lipinski definition) is 1. The molecular weight excluding hydrogens is 420 g/mol. The zero-order chi connectivity index (χ0) is 17.7. The fraction of sp³-hybridized carbons (Fsp3) is 1.00. The van der Waals surface area contributed by atoms with E-state index < -0.39 is 33.2 Å². The van der Waals surface area contributed by atoms with Gasteiger partial charge in [0.25, 0.3) is 0 Å². The van der Waals surface area contributed by atoms with Crippen LogP contribution in [-0.4, -0.2) is 33.2 Å². The Morgan fingerprint density at radius 3 is 0.810 bits per heavy atom. The molecule has 0 N–H and O–H groups in total. The van der Waals surface area contributed by atoms with Crippen molar-refractivity contribution in [3.63, 3.8) is 0 Å². The maximum absolute atomic E-state index is 12.9. The fourth-order valence-corrected chi connectivity index (χ4v) is 0.916. The second-order valence-corrected chi connectivity index (χ2v) is 5.27. The van der Waals surface area contributed by atoms with Crippen molar-refractivity contribution in [3.8, 4) is 0 Å². The Labute approximate surface area is 129 Å². The number of ether oxygens (including phenoxy) is 1. The summed E-state index contributed by atoms with van der Waals surface area (Å²) >= 11 is 15.5. The molecule has 0 aromatic rings. The van der Waals surface area contributed by atoms with Crippen LogP contribution in [0.2, 0.25) is 0 Å². The fourth-order valence-electron chi connectivity index (χ4n) is 0.619. The minimum Gasteiger partial charge on any atom is -0.248 e. The van der Waals surface area contributed by atoms with Gasteiger partial charge < -0.3 is 0 Å². The molecule has 0 bridgehead atoms. The molecule has 0 aromatic carbocycles. The topological polar surface area (TPSA) is 9.23 Å². The van der Waals surface area contributed by atoms with Crippen molar-refractivity contribution in [1.82, 2.24) is 0 Å². The van der Waals surface area contributed by atoms with Crippen LogP contribution in [-0.2, 0) is 4.74 Å². The van der Waals surface area contributed by atoms with Crippen molar-refractivity contribution >= 4 is 46.4 Å². The third-order valence-corrected chi connectivity index (χ3v) is 3.33. The maximum Gasteiger partial charge on any atom is 0.416 e. The quantitative estimate of drug-likeness (QED) is 0.398. The van der Waals surface area contributed by atoms with E-state index in [2.05, 4.69) is 46.4 Å². The van der Waals surface area contributed by atoms with Crippen molar-refractivity contribution in [2.75, 3.05) is 0 Å². The van der Waals surface area contributed by atoms with Gasteiger partial charge >= 0.3 is 33.2 Å². The molecule has 0 fully saturated rings. The van der Waals surface area contributed by atoms with E-state index in [9.17, 15) is 43.9 Å². The van der Waals surface area contributed by atoms with Gasteiger partial charge in [-0.3, -0.25) is 0 Å². The van der Waals surface area contributed by atoms with E-state index in [-0.39, 0.29) is 0 Å². The number of halogens is 14. The Bertz CT molecular complexity index is 350. The number of alkyl halides is 14. The van der Waals surface area contributed by atoms with Crippen LogP contribution in [0.3, 0.4) is 0 Å². The second-order valence-electron chi connectivity index (χ2n) is 3.28. The summed E-state index contributed by atoms with van der Waals surface area (Å²) in [4.78, 5) is 0. The molecule has 0 heterocycles. The molecule has 0 saturated heterocycles. The predicted molar refractivity (Wildman–Crippen MR) is 52.0 cm³/mol. The molecule has 15 heteroatoms. The van der Waals surface area contributed by atoms with E-state index in [1.807, 2.05) is 4.74 Å². The van der Waals surface area contributed by atoms with E-state index in [0.717, 1.165) is 0 Å². The minimum atomic E-state index is -6.46. The lowest BCUT2D eigenvalue weighted by atomic mass is 10.3. The Morgan fingerprint density at radius 2 is 0.667 bits per heavy atom. The lowest BCUT2D eigenvalue weighted by Gasteiger charge is -2.36. The monoisotopic (exact) mass is 418 g/mol. The van der Waals surface area contributed by atoms with Gasteiger partial charge in [0, 0.05) is 0 Å². The minimum absolute atomic E-state index is 2.00. The summed E-state index contributed by atoms with van der Waals surface area (Å²) in [6.07, 6.45) is -12.9. The first kappa shape index (κ1) is 21.4. The predicted octanol–water partition coefficient (Wildman–Crippen LogP) is 5.66. The van der Waals surface area contributed by atoms with Crippen LogP contribution in [0.1, 0.15) is 0 Å². The highest BCUT2D eigenvalue weighted by atomic mass is 35.5. The summed E-state index contributed by atoms with van der Waals surface area (Å²) in [5.74, 6) is 0. The van der Waals surface area contributed by atoms with Gasteiger partial charge in [0.15, 0.2) is 0 Å². The van der Waals surface area contributed by atoms with E-state index in [1.165, 1.54) is 0 Å². The molecular formula is C6Cl4F10O. The molecule has 0 spiro atoms. The van der Waals surface area contributed by atoms with Crippen molar-refractivity contribution in [2.45, 2.75) is 33.2 Å². The van der Waals surface area contributed by atoms with Gasteiger partial charge in [0.1, 0.15) is 0 Å². The molecule has 0 aliphatic carbocycles. The highest BCUT2D eigenvalue weighted by Crippen LogP contribution is 2.56. The molecule has 0 amide bonds. The van der Waals surface area contributed by atoms with Crippen molar-refractivity contribution in [2.24, 2.45) is 0 Å². The molecule has 21 heavy (non-hydrogen) atoms. The lowest BCUT2D eigenvalue weighted by Crippen LogP contribution is -2.60. The maximum atomic E-state index is 12.9. The molecule has 0 aliphatic rings. The standard InChI is InChI=1S/C6Cl4F10O/c7-1(11,3(9,13)14)5(17,18)21-6(19,20)2(8,12)4(10,15)16. The van der Waals surface area contributed by atoms with Gasteiger partial charge in [-0.2, -0.15) is 35.1 Å². The SMILES string of the molecule is FC(F)(Cl)C(F)(Cl)C(F)(F)OC(F)(F)C(F)(Cl)C(F)(F)Cl. The van der Waals surface area contributed by atoms with Gasteiger partial charge in [-0.25, -0.2) is 13.5 Å². The summed E-state index contributed by atoms with van der Waals surface area (Å²) in [7, 11) is 0. The smallest absolute Gasteiger partial charge is 0.248 e. The molecule has 2 atom stereocenters. The normalized spacial score (nSPS) is 20.9. The van der Waals surface area contributed by atoms with Crippen LogP contribution >= 0.6 is 46.4 Å². The van der Waals surface area contributed by atoms with Crippen LogP contribution in [0.15, 0.2) is 0 Å². The molecule has 0 aromatic heterocycles. The Morgan fingerprint density at radius 1 is 0.476 bits per heavy atom. The van der Waals surface area contributed by atoms with Gasteiger partial charge in [0.2, 0.25) is 0 Å². The molecule has 0 aliphatic heterocycles. The zero-order valence-electron chi connectivity index (χ0n) is 8.70. The van der Waals surface area contributed by atoms with Crippen LogP contribution in [0.5, 0.6) is 0 Å². The van der Waals surface area contributed by atoms with Crippen LogP contribution in [0, 0.1) is 0 Å². The van der Waals surface area contributed by atoms with Crippen LogP contribution < -0.4 is 0 Å². The second kappa shape index (κ2) is 5.50. The van der Waals surface area contributed by atoms with Crippen molar-refractivity contribution in [1.29, 1.82) is 0 Å². The number of hydrogen-bond donors (Lipinski definition) is 0. The summed E-state index contributed by atoms with van der Waals surface area (Å²) in [5.41, 5.74) is 0. The summed E-state index contributed by atoms with van der Waals surface area (Å²) < 4.78 is 128. The average molecular weight is 420 g/mol. The Balaban J connectivity index is 5.65. The highest BCUT2D eigenvalue weighted by molar-refractivity contribution is 6.33. The largest absolute Gasteiger partial charge is 0.416 e. The highest BCUT2D eigenvalue weighted by Gasteiger charge is 2.78. The molecule has 0 rings (SSSR count). The first-order valence-electron chi connectivity index (χ1n) is 4.05. The molecule has 2 unspecified atom stereocenters. The molecule has 0 saturated carbocycles. The van der Waals surface area contributed by atoms with Crippen molar-refractivity contribution in [3.05, 3.63) is 0 Å². The molecule has 1 nitrogen and oxygen atoms in total. The Kier molecular flexibility index (Phi) is 5.61. The third-order valence-electron chi connectivity index (χ3n) is 1.70. The molecule has 0 radical (unpaired) electrons. The first-order chi connectivity index (χ1) is 8.71. The zero-order valence-corrected chi connectivity index (χ0v) is 11.7. The Hall–Kier alpha value is 0.420. The van der Waals surface area contributed by atoms with Crippen molar-refractivity contribution < 1.29 is 48.6 Å². The van der Waals surface area contributed by atoms with Gasteiger partial charge in [-0.1, -0.05) is 23.2 Å².